The van der Waals surface area contributed by atoms with Gasteiger partial charge in [0.15, 0.2) is 0 Å². The van der Waals surface area contributed by atoms with E-state index in [2.05, 4.69) is 4.98 Å². The Kier molecular flexibility index (Phi) is 3.14. The second-order valence-corrected chi connectivity index (χ2v) is 6.71. The molecule has 106 valence electrons. The van der Waals surface area contributed by atoms with Crippen LogP contribution in [0.5, 0.6) is 0 Å². The molecular weight excluding hydrogens is 330 g/mol. The first-order valence-corrected chi connectivity index (χ1v) is 8.17. The van der Waals surface area contributed by atoms with E-state index in [0.29, 0.717) is 10.0 Å². The molecule has 2 aromatic carbocycles. The first-order valence-electron chi connectivity index (χ1n) is 6.37. The zero-order valence-corrected chi connectivity index (χ0v) is 13.0. The van der Waals surface area contributed by atoms with E-state index in [1.807, 2.05) is 22.8 Å². The number of imidazole rings is 1. The van der Waals surface area contributed by atoms with Crippen LogP contribution in [0, 0.1) is 5.82 Å². The van der Waals surface area contributed by atoms with Crippen LogP contribution in [0.1, 0.15) is 16.8 Å². The van der Waals surface area contributed by atoms with Crippen molar-refractivity contribution in [2.24, 2.45) is 0 Å². The lowest BCUT2D eigenvalue weighted by Gasteiger charge is -2.17. The number of hydrogen-bond donors (Lipinski definition) is 0. The predicted molar refractivity (Wildman–Crippen MR) is 85.6 cm³/mol. The lowest BCUT2D eigenvalue weighted by molar-refractivity contribution is 0.628. The number of thioether (sulfide) groups is 1. The van der Waals surface area contributed by atoms with Crippen molar-refractivity contribution < 1.29 is 4.39 Å². The van der Waals surface area contributed by atoms with Gasteiger partial charge in [-0.1, -0.05) is 29.3 Å². The van der Waals surface area contributed by atoms with Gasteiger partial charge in [-0.2, -0.15) is 0 Å². The van der Waals surface area contributed by atoms with Crippen LogP contribution in [0.4, 0.5) is 4.39 Å². The molecule has 0 saturated carbocycles. The van der Waals surface area contributed by atoms with E-state index in [1.165, 1.54) is 12.1 Å². The number of fused-ring (bicyclic) bond motifs is 3. The molecule has 1 aliphatic rings. The summed E-state index contributed by atoms with van der Waals surface area (Å²) < 4.78 is 15.6. The van der Waals surface area contributed by atoms with E-state index in [9.17, 15) is 4.39 Å². The highest BCUT2D eigenvalue weighted by Gasteiger charge is 2.30. The van der Waals surface area contributed by atoms with Crippen LogP contribution in [0.15, 0.2) is 36.4 Å². The average Bonchev–Trinajstić information content (AvgIpc) is 2.99. The molecule has 2 heterocycles. The highest BCUT2D eigenvalue weighted by atomic mass is 35.5. The average molecular weight is 339 g/mol. The Balaban J connectivity index is 1.97. The van der Waals surface area contributed by atoms with Crippen LogP contribution in [0.25, 0.3) is 11.0 Å². The molecule has 2 nitrogen and oxygen atoms in total. The molecular formula is C15H9Cl2FN2S. The zero-order valence-electron chi connectivity index (χ0n) is 10.7. The summed E-state index contributed by atoms with van der Waals surface area (Å²) in [6, 6.07) is 10.1. The maximum absolute atomic E-state index is 13.6. The molecule has 0 saturated heterocycles. The molecule has 0 radical (unpaired) electrons. The maximum Gasteiger partial charge on any atom is 0.125 e. The summed E-state index contributed by atoms with van der Waals surface area (Å²) in [4.78, 5) is 4.56. The Morgan fingerprint density at radius 2 is 1.95 bits per heavy atom. The van der Waals surface area contributed by atoms with Crippen LogP contribution in [-0.4, -0.2) is 9.55 Å². The molecule has 0 fully saturated rings. The number of aromatic nitrogens is 2. The third-order valence-electron chi connectivity index (χ3n) is 3.58. The van der Waals surface area contributed by atoms with Crippen LogP contribution < -0.4 is 0 Å². The summed E-state index contributed by atoms with van der Waals surface area (Å²) in [7, 11) is 0. The van der Waals surface area contributed by atoms with Gasteiger partial charge in [-0.3, -0.25) is 0 Å². The predicted octanol–water partition coefficient (Wildman–Crippen LogP) is 5.28. The number of rotatable bonds is 1. The fourth-order valence-electron chi connectivity index (χ4n) is 2.67. The molecule has 0 aliphatic carbocycles. The Morgan fingerprint density at radius 1 is 1.19 bits per heavy atom. The van der Waals surface area contributed by atoms with Gasteiger partial charge in [0.05, 0.1) is 16.8 Å². The van der Waals surface area contributed by atoms with Gasteiger partial charge in [-0.15, -0.1) is 11.8 Å². The molecule has 4 rings (SSSR count). The fraction of sp³-hybridized carbons (Fsp3) is 0.133. The Morgan fingerprint density at radius 3 is 2.71 bits per heavy atom. The van der Waals surface area contributed by atoms with Gasteiger partial charge in [0.25, 0.3) is 0 Å². The van der Waals surface area contributed by atoms with E-state index in [-0.39, 0.29) is 11.2 Å². The van der Waals surface area contributed by atoms with E-state index in [4.69, 9.17) is 23.2 Å². The molecule has 1 unspecified atom stereocenters. The summed E-state index contributed by atoms with van der Waals surface area (Å²) in [5.74, 6) is 1.40. The summed E-state index contributed by atoms with van der Waals surface area (Å²) in [5.41, 5.74) is 2.42. The van der Waals surface area contributed by atoms with Crippen molar-refractivity contribution in [3.05, 3.63) is 63.6 Å². The summed E-state index contributed by atoms with van der Waals surface area (Å²) in [6.07, 6.45) is 0. The van der Waals surface area contributed by atoms with Gasteiger partial charge in [-0.05, 0) is 30.3 Å². The number of halogens is 3. The second-order valence-electron chi connectivity index (χ2n) is 4.83. The van der Waals surface area contributed by atoms with Crippen LogP contribution in [-0.2, 0) is 5.75 Å². The monoisotopic (exact) mass is 338 g/mol. The first-order chi connectivity index (χ1) is 10.1. The number of benzene rings is 2. The van der Waals surface area contributed by atoms with Crippen molar-refractivity contribution in [2.75, 3.05) is 0 Å². The van der Waals surface area contributed by atoms with Gasteiger partial charge in [0.1, 0.15) is 17.0 Å². The molecule has 1 aliphatic heterocycles. The van der Waals surface area contributed by atoms with Gasteiger partial charge >= 0.3 is 0 Å². The quantitative estimate of drug-likeness (QED) is 0.601. The van der Waals surface area contributed by atoms with E-state index < -0.39 is 0 Å². The lowest BCUT2D eigenvalue weighted by Crippen LogP contribution is -2.05. The summed E-state index contributed by atoms with van der Waals surface area (Å²) in [5, 5.41) is 1.16. The molecule has 21 heavy (non-hydrogen) atoms. The fourth-order valence-corrected chi connectivity index (χ4v) is 4.72. The van der Waals surface area contributed by atoms with Crippen LogP contribution in [0.2, 0.25) is 10.0 Å². The Labute approximate surface area is 134 Å². The zero-order chi connectivity index (χ0) is 14.6. The van der Waals surface area contributed by atoms with Crippen molar-refractivity contribution in [3.63, 3.8) is 0 Å². The molecule has 0 bridgehead atoms. The minimum absolute atomic E-state index is 0.0759. The summed E-state index contributed by atoms with van der Waals surface area (Å²) in [6.45, 7) is 0. The second kappa shape index (κ2) is 4.90. The lowest BCUT2D eigenvalue weighted by atomic mass is 10.2. The van der Waals surface area contributed by atoms with E-state index in [0.717, 1.165) is 28.2 Å². The Hall–Kier alpha value is -1.23. The smallest absolute Gasteiger partial charge is 0.125 e. The molecule has 0 spiro atoms. The van der Waals surface area contributed by atoms with Gasteiger partial charge in [-0.25, -0.2) is 9.37 Å². The largest absolute Gasteiger partial charge is 0.310 e. The molecule has 1 atom stereocenters. The van der Waals surface area contributed by atoms with Crippen molar-refractivity contribution >= 4 is 46.0 Å². The number of hydrogen-bond acceptors (Lipinski definition) is 2. The summed E-state index contributed by atoms with van der Waals surface area (Å²) >= 11 is 14.3. The highest BCUT2D eigenvalue weighted by molar-refractivity contribution is 7.99. The van der Waals surface area contributed by atoms with E-state index >= 15 is 0 Å². The van der Waals surface area contributed by atoms with Crippen LogP contribution >= 0.6 is 35.0 Å². The topological polar surface area (TPSA) is 17.8 Å². The Bertz CT molecular complexity index is 842. The van der Waals surface area contributed by atoms with E-state index in [1.54, 1.807) is 17.8 Å². The standard InChI is InChI=1S/C15H9Cl2FN2S/c16-9-2-1-3-10(17)14(9)15-20-12-6-8(18)4-5-11(12)19-13(20)7-21-15/h1-6,15H,7H2. The molecule has 6 heteroatoms. The SMILES string of the molecule is Fc1ccc2nc3n(c2c1)C(c1c(Cl)cccc1Cl)SC3. The van der Waals surface area contributed by atoms with Crippen molar-refractivity contribution in [3.8, 4) is 0 Å². The first kappa shape index (κ1) is 13.4. The van der Waals surface area contributed by atoms with Crippen LogP contribution in [0.3, 0.4) is 0 Å². The minimum atomic E-state index is -0.272. The van der Waals surface area contributed by atoms with Gasteiger partial charge < -0.3 is 4.57 Å². The van der Waals surface area contributed by atoms with Gasteiger partial charge in [0, 0.05) is 15.6 Å². The molecule has 0 N–H and O–H groups in total. The van der Waals surface area contributed by atoms with Crippen molar-refractivity contribution in [1.29, 1.82) is 0 Å². The normalized spacial score (nSPS) is 17.4. The maximum atomic E-state index is 13.6. The van der Waals surface area contributed by atoms with Crippen molar-refractivity contribution in [2.45, 2.75) is 11.1 Å². The minimum Gasteiger partial charge on any atom is -0.310 e. The van der Waals surface area contributed by atoms with Gasteiger partial charge in [0.2, 0.25) is 0 Å². The third kappa shape index (κ3) is 2.05. The molecule has 3 aromatic rings. The highest BCUT2D eigenvalue weighted by Crippen LogP contribution is 2.47. The molecule has 0 amide bonds. The third-order valence-corrected chi connectivity index (χ3v) is 5.42. The van der Waals surface area contributed by atoms with Crippen molar-refractivity contribution in [1.82, 2.24) is 9.55 Å². The number of nitrogens with zero attached hydrogens (tertiary/aromatic N) is 2. The molecule has 1 aromatic heterocycles.